The highest BCUT2D eigenvalue weighted by Crippen LogP contribution is 2.20. The normalized spacial score (nSPS) is 11.1. The average Bonchev–Trinajstić information content (AvgIpc) is 2.59. The summed E-state index contributed by atoms with van der Waals surface area (Å²) in [4.78, 5) is 0. The van der Waals surface area contributed by atoms with Gasteiger partial charge in [0.05, 0.1) is 11.7 Å². The van der Waals surface area contributed by atoms with Crippen molar-refractivity contribution in [2.45, 2.75) is 19.9 Å². The highest BCUT2D eigenvalue weighted by molar-refractivity contribution is 5.82. The van der Waals surface area contributed by atoms with Gasteiger partial charge in [-0.05, 0) is 32.0 Å². The molecule has 2 aromatic rings. The van der Waals surface area contributed by atoms with Crippen LogP contribution in [0.4, 0.5) is 5.69 Å². The zero-order valence-electron chi connectivity index (χ0n) is 8.78. The van der Waals surface area contributed by atoms with Crippen molar-refractivity contribution in [1.29, 1.82) is 0 Å². The Bertz CT molecular complexity index is 443. The summed E-state index contributed by atoms with van der Waals surface area (Å²) in [6.07, 6.45) is 1.91. The summed E-state index contributed by atoms with van der Waals surface area (Å²) in [7, 11) is 1.92. The van der Waals surface area contributed by atoms with Gasteiger partial charge in [0.2, 0.25) is 0 Å². The van der Waals surface area contributed by atoms with Crippen molar-refractivity contribution in [3.63, 3.8) is 0 Å². The Hall–Kier alpha value is -1.51. The van der Waals surface area contributed by atoms with E-state index in [0.29, 0.717) is 6.04 Å². The molecule has 3 nitrogen and oxygen atoms in total. The third-order valence-corrected chi connectivity index (χ3v) is 2.37. The number of nitrogens with one attached hydrogen (secondary N) is 1. The van der Waals surface area contributed by atoms with Crippen LogP contribution in [0.25, 0.3) is 10.9 Å². The van der Waals surface area contributed by atoms with E-state index in [0.717, 1.165) is 5.69 Å². The third-order valence-electron chi connectivity index (χ3n) is 2.37. The quantitative estimate of drug-likeness (QED) is 0.787. The van der Waals surface area contributed by atoms with E-state index in [2.05, 4.69) is 42.5 Å². The number of fused-ring (bicyclic) bond motifs is 1. The Morgan fingerprint density at radius 2 is 2.14 bits per heavy atom. The number of hydrogen-bond donors (Lipinski definition) is 1. The topological polar surface area (TPSA) is 29.9 Å². The van der Waals surface area contributed by atoms with E-state index in [9.17, 15) is 0 Å². The summed E-state index contributed by atoms with van der Waals surface area (Å²) in [6, 6.07) is 6.70. The number of hydrogen-bond acceptors (Lipinski definition) is 2. The Balaban J connectivity index is 2.59. The van der Waals surface area contributed by atoms with Crippen LogP contribution in [0, 0.1) is 0 Å². The molecule has 0 aliphatic heterocycles. The van der Waals surface area contributed by atoms with Gasteiger partial charge in [0.15, 0.2) is 0 Å². The van der Waals surface area contributed by atoms with Crippen LogP contribution in [0.3, 0.4) is 0 Å². The number of benzene rings is 1. The molecule has 0 saturated heterocycles. The summed E-state index contributed by atoms with van der Waals surface area (Å²) in [6.45, 7) is 4.27. The fourth-order valence-corrected chi connectivity index (χ4v) is 1.62. The number of anilines is 1. The fraction of sp³-hybridized carbons (Fsp3) is 0.364. The van der Waals surface area contributed by atoms with Gasteiger partial charge in [-0.15, -0.1) is 0 Å². The minimum Gasteiger partial charge on any atom is -0.388 e. The summed E-state index contributed by atoms with van der Waals surface area (Å²) < 4.78 is 2.04. The molecule has 0 bridgehead atoms. The lowest BCUT2D eigenvalue weighted by molar-refractivity contribution is 0.551. The van der Waals surface area contributed by atoms with Gasteiger partial charge in [0.1, 0.15) is 0 Å². The number of aromatic nitrogens is 2. The molecule has 74 valence electrons. The molecule has 14 heavy (non-hydrogen) atoms. The van der Waals surface area contributed by atoms with Crippen LogP contribution in [0.1, 0.15) is 19.9 Å². The summed E-state index contributed by atoms with van der Waals surface area (Å²) in [5.74, 6) is 0. The van der Waals surface area contributed by atoms with E-state index in [4.69, 9.17) is 0 Å². The lowest BCUT2D eigenvalue weighted by Gasteiger charge is -2.07. The van der Waals surface area contributed by atoms with Crippen molar-refractivity contribution >= 4 is 16.6 Å². The molecule has 1 heterocycles. The third kappa shape index (κ3) is 1.35. The summed E-state index contributed by atoms with van der Waals surface area (Å²) in [5.41, 5.74) is 2.32. The molecule has 0 unspecified atom stereocenters. The second kappa shape index (κ2) is 3.33. The second-order valence-electron chi connectivity index (χ2n) is 3.71. The maximum atomic E-state index is 4.36. The zero-order valence-corrected chi connectivity index (χ0v) is 8.78. The second-order valence-corrected chi connectivity index (χ2v) is 3.71. The van der Waals surface area contributed by atoms with Crippen LogP contribution in [0.15, 0.2) is 24.4 Å². The van der Waals surface area contributed by atoms with Crippen molar-refractivity contribution in [3.05, 3.63) is 24.4 Å². The Kier molecular flexibility index (Phi) is 2.15. The molecule has 0 amide bonds. The van der Waals surface area contributed by atoms with Gasteiger partial charge < -0.3 is 5.32 Å². The monoisotopic (exact) mass is 189 g/mol. The Labute approximate surface area is 83.7 Å². The first-order valence-electron chi connectivity index (χ1n) is 4.87. The van der Waals surface area contributed by atoms with Gasteiger partial charge in [0.25, 0.3) is 0 Å². The molecule has 0 aliphatic rings. The molecule has 1 aromatic carbocycles. The Morgan fingerprint density at radius 3 is 2.79 bits per heavy atom. The van der Waals surface area contributed by atoms with Gasteiger partial charge in [-0.2, -0.15) is 5.10 Å². The molecule has 0 saturated carbocycles. The number of rotatable bonds is 2. The lowest BCUT2D eigenvalue weighted by atomic mass is 10.2. The minimum atomic E-state index is 0.410. The number of nitrogens with zero attached hydrogens (tertiary/aromatic N) is 2. The molecule has 3 heteroatoms. The van der Waals surface area contributed by atoms with E-state index in [1.165, 1.54) is 10.9 Å². The lowest BCUT2D eigenvalue weighted by Crippen LogP contribution is -2.01. The van der Waals surface area contributed by atoms with Gasteiger partial charge in [-0.3, -0.25) is 4.68 Å². The van der Waals surface area contributed by atoms with Crippen molar-refractivity contribution in [2.75, 3.05) is 12.4 Å². The predicted molar refractivity (Wildman–Crippen MR) is 59.7 cm³/mol. The maximum absolute atomic E-state index is 4.36. The predicted octanol–water partition coefficient (Wildman–Crippen LogP) is 2.66. The van der Waals surface area contributed by atoms with E-state index in [1.54, 1.807) is 0 Å². The van der Waals surface area contributed by atoms with Gasteiger partial charge in [0, 0.05) is 24.2 Å². The van der Waals surface area contributed by atoms with E-state index in [1.807, 2.05) is 17.9 Å². The first kappa shape index (κ1) is 9.06. The van der Waals surface area contributed by atoms with Crippen LogP contribution in [-0.2, 0) is 0 Å². The maximum Gasteiger partial charge on any atom is 0.0686 e. The SMILES string of the molecule is CNc1ccc2c(cnn2C(C)C)c1. The van der Waals surface area contributed by atoms with E-state index < -0.39 is 0 Å². The van der Waals surface area contributed by atoms with Crippen LogP contribution in [-0.4, -0.2) is 16.8 Å². The van der Waals surface area contributed by atoms with Crippen molar-refractivity contribution in [2.24, 2.45) is 0 Å². The van der Waals surface area contributed by atoms with Crippen LogP contribution in [0.2, 0.25) is 0 Å². The molecule has 0 aliphatic carbocycles. The van der Waals surface area contributed by atoms with Crippen LogP contribution >= 0.6 is 0 Å². The minimum absolute atomic E-state index is 0.410. The van der Waals surface area contributed by atoms with Crippen LogP contribution < -0.4 is 5.32 Å². The smallest absolute Gasteiger partial charge is 0.0686 e. The van der Waals surface area contributed by atoms with Gasteiger partial charge >= 0.3 is 0 Å². The van der Waals surface area contributed by atoms with Crippen molar-refractivity contribution in [1.82, 2.24) is 9.78 Å². The van der Waals surface area contributed by atoms with Gasteiger partial charge in [-0.1, -0.05) is 0 Å². The molecule has 0 fully saturated rings. The highest BCUT2D eigenvalue weighted by Gasteiger charge is 2.05. The van der Waals surface area contributed by atoms with Crippen molar-refractivity contribution in [3.8, 4) is 0 Å². The molecule has 0 atom stereocenters. The fourth-order valence-electron chi connectivity index (χ4n) is 1.62. The molecule has 1 aromatic heterocycles. The molecule has 0 radical (unpaired) electrons. The highest BCUT2D eigenvalue weighted by atomic mass is 15.3. The zero-order chi connectivity index (χ0) is 10.1. The first-order valence-corrected chi connectivity index (χ1v) is 4.87. The standard InChI is InChI=1S/C11H15N3/c1-8(2)14-11-5-4-10(12-3)6-9(11)7-13-14/h4-8,12H,1-3H3. The van der Waals surface area contributed by atoms with Crippen LogP contribution in [0.5, 0.6) is 0 Å². The molecular weight excluding hydrogens is 174 g/mol. The molecule has 1 N–H and O–H groups in total. The van der Waals surface area contributed by atoms with E-state index >= 15 is 0 Å². The van der Waals surface area contributed by atoms with E-state index in [-0.39, 0.29) is 0 Å². The first-order chi connectivity index (χ1) is 6.72. The average molecular weight is 189 g/mol. The molecule has 2 rings (SSSR count). The van der Waals surface area contributed by atoms with Gasteiger partial charge in [-0.25, -0.2) is 0 Å². The largest absolute Gasteiger partial charge is 0.388 e. The molecule has 0 spiro atoms. The molecular formula is C11H15N3. The Morgan fingerprint density at radius 1 is 1.36 bits per heavy atom. The van der Waals surface area contributed by atoms with Crippen molar-refractivity contribution < 1.29 is 0 Å². The summed E-state index contributed by atoms with van der Waals surface area (Å²) in [5, 5.41) is 8.67. The summed E-state index contributed by atoms with van der Waals surface area (Å²) >= 11 is 0.